The zero-order valence-corrected chi connectivity index (χ0v) is 8.14. The van der Waals surface area contributed by atoms with E-state index in [0.717, 1.165) is 6.92 Å². The number of hydrogen-bond donors (Lipinski definition) is 0. The summed E-state index contributed by atoms with van der Waals surface area (Å²) in [4.78, 5) is 8.76. The SMILES string of the molecule is C=C(C)C1=C(F)C(F)=C([N+](=O)[O-])C(F)C1F. The predicted molar refractivity (Wildman–Crippen MR) is 47.9 cm³/mol. The maximum atomic E-state index is 13.3. The number of nitrogens with zero attached hydrogens (tertiary/aromatic N) is 1. The Bertz CT molecular complexity index is 387. The number of rotatable bonds is 2. The molecule has 0 amide bonds. The highest BCUT2D eigenvalue weighted by Crippen LogP contribution is 2.38. The standard InChI is InChI=1S/C9H7F4NO2/c1-3(2)4-5(10)7(12)9(14(15)16)8(13)6(4)11/h5,7H,1H2,2H3. The second kappa shape index (κ2) is 4.07. The Morgan fingerprint density at radius 1 is 1.31 bits per heavy atom. The molecule has 0 fully saturated rings. The molecule has 0 aromatic rings. The summed E-state index contributed by atoms with van der Waals surface area (Å²) < 4.78 is 52.7. The molecule has 1 aliphatic rings. The van der Waals surface area contributed by atoms with Crippen LogP contribution in [-0.4, -0.2) is 17.3 Å². The number of nitro groups is 1. The summed E-state index contributed by atoms with van der Waals surface area (Å²) in [6.45, 7) is 4.31. The zero-order valence-electron chi connectivity index (χ0n) is 8.14. The van der Waals surface area contributed by atoms with Crippen molar-refractivity contribution in [2.45, 2.75) is 19.3 Å². The van der Waals surface area contributed by atoms with Crippen LogP contribution in [-0.2, 0) is 0 Å². The number of hydrogen-bond acceptors (Lipinski definition) is 2. The fourth-order valence-corrected chi connectivity index (χ4v) is 1.36. The molecule has 3 nitrogen and oxygen atoms in total. The van der Waals surface area contributed by atoms with Gasteiger partial charge in [-0.3, -0.25) is 10.1 Å². The van der Waals surface area contributed by atoms with Gasteiger partial charge in [0.15, 0.2) is 12.0 Å². The van der Waals surface area contributed by atoms with E-state index in [1.54, 1.807) is 0 Å². The Balaban J connectivity index is 3.45. The Morgan fingerprint density at radius 3 is 2.19 bits per heavy atom. The highest BCUT2D eigenvalue weighted by Gasteiger charge is 2.46. The van der Waals surface area contributed by atoms with Crippen LogP contribution >= 0.6 is 0 Å². The summed E-state index contributed by atoms with van der Waals surface area (Å²) in [7, 11) is 0. The molecule has 2 atom stereocenters. The van der Waals surface area contributed by atoms with Gasteiger partial charge in [0.25, 0.3) is 0 Å². The second-order valence-corrected chi connectivity index (χ2v) is 3.27. The minimum absolute atomic E-state index is 0.217. The molecule has 0 aliphatic heterocycles. The molecule has 1 aliphatic carbocycles. The van der Waals surface area contributed by atoms with E-state index in [4.69, 9.17) is 0 Å². The topological polar surface area (TPSA) is 43.1 Å². The molecular weight excluding hydrogens is 230 g/mol. The Morgan fingerprint density at radius 2 is 1.81 bits per heavy atom. The van der Waals surface area contributed by atoms with Crippen molar-refractivity contribution in [2.24, 2.45) is 0 Å². The summed E-state index contributed by atoms with van der Waals surface area (Å²) in [5.41, 5.74) is -2.85. The molecule has 0 bridgehead atoms. The van der Waals surface area contributed by atoms with Gasteiger partial charge in [-0.25, -0.2) is 13.2 Å². The lowest BCUT2D eigenvalue weighted by Crippen LogP contribution is -2.31. The third kappa shape index (κ3) is 1.72. The molecule has 88 valence electrons. The van der Waals surface area contributed by atoms with Gasteiger partial charge in [-0.05, 0) is 12.5 Å². The Labute approximate surface area is 87.9 Å². The number of alkyl halides is 2. The van der Waals surface area contributed by atoms with Gasteiger partial charge >= 0.3 is 5.70 Å². The molecule has 0 N–H and O–H groups in total. The van der Waals surface area contributed by atoms with E-state index in [0.29, 0.717) is 0 Å². The third-order valence-corrected chi connectivity index (χ3v) is 2.10. The highest BCUT2D eigenvalue weighted by molar-refractivity contribution is 5.46. The van der Waals surface area contributed by atoms with Crippen molar-refractivity contribution in [2.75, 3.05) is 0 Å². The second-order valence-electron chi connectivity index (χ2n) is 3.27. The first-order valence-electron chi connectivity index (χ1n) is 4.17. The minimum Gasteiger partial charge on any atom is -0.258 e. The van der Waals surface area contributed by atoms with Crippen LogP contribution in [0.2, 0.25) is 0 Å². The molecule has 1 rings (SSSR count). The Kier molecular flexibility index (Phi) is 3.16. The first-order valence-corrected chi connectivity index (χ1v) is 4.17. The summed E-state index contributed by atoms with van der Waals surface area (Å²) in [5, 5.41) is 10.2. The third-order valence-electron chi connectivity index (χ3n) is 2.10. The lowest BCUT2D eigenvalue weighted by Gasteiger charge is -2.20. The summed E-state index contributed by atoms with van der Waals surface area (Å²) in [5.74, 6) is -3.75. The molecule has 16 heavy (non-hydrogen) atoms. The largest absolute Gasteiger partial charge is 0.321 e. The average Bonchev–Trinajstić information content (AvgIpc) is 2.14. The normalized spacial score (nSPS) is 26.1. The van der Waals surface area contributed by atoms with Crippen molar-refractivity contribution < 1.29 is 22.5 Å². The van der Waals surface area contributed by atoms with E-state index >= 15 is 0 Å². The van der Waals surface area contributed by atoms with Gasteiger partial charge in [0, 0.05) is 5.57 Å². The number of allylic oxidation sites excluding steroid dienone is 5. The molecule has 0 radical (unpaired) electrons. The fraction of sp³-hybridized carbons (Fsp3) is 0.333. The van der Waals surface area contributed by atoms with Gasteiger partial charge in [0.05, 0.1) is 4.92 Å². The summed E-state index contributed by atoms with van der Waals surface area (Å²) >= 11 is 0. The molecule has 0 saturated carbocycles. The summed E-state index contributed by atoms with van der Waals surface area (Å²) in [6.07, 6.45) is -5.45. The van der Waals surface area contributed by atoms with Crippen molar-refractivity contribution in [3.8, 4) is 0 Å². The Hall–Kier alpha value is -1.66. The van der Waals surface area contributed by atoms with Crippen LogP contribution in [0.15, 0.2) is 35.1 Å². The highest BCUT2D eigenvalue weighted by atomic mass is 19.2. The molecule has 0 heterocycles. The van der Waals surface area contributed by atoms with E-state index < -0.39 is 40.2 Å². The minimum atomic E-state index is -2.83. The van der Waals surface area contributed by atoms with Crippen LogP contribution in [0.25, 0.3) is 0 Å². The van der Waals surface area contributed by atoms with Crippen LogP contribution in [0.3, 0.4) is 0 Å². The van der Waals surface area contributed by atoms with Crippen molar-refractivity contribution in [3.05, 3.63) is 45.2 Å². The molecule has 0 aromatic heterocycles. The molecule has 0 aromatic carbocycles. The molecule has 2 unspecified atom stereocenters. The van der Waals surface area contributed by atoms with Crippen LogP contribution in [0.1, 0.15) is 6.92 Å². The van der Waals surface area contributed by atoms with Crippen molar-refractivity contribution in [1.29, 1.82) is 0 Å². The van der Waals surface area contributed by atoms with Crippen LogP contribution < -0.4 is 0 Å². The van der Waals surface area contributed by atoms with E-state index in [1.807, 2.05) is 0 Å². The van der Waals surface area contributed by atoms with E-state index in [2.05, 4.69) is 6.58 Å². The van der Waals surface area contributed by atoms with E-state index in [1.165, 1.54) is 0 Å². The van der Waals surface area contributed by atoms with Gasteiger partial charge in [-0.2, -0.15) is 4.39 Å². The quantitative estimate of drug-likeness (QED) is 0.421. The van der Waals surface area contributed by atoms with Gasteiger partial charge in [-0.1, -0.05) is 6.58 Å². The van der Waals surface area contributed by atoms with E-state index in [-0.39, 0.29) is 5.57 Å². The molecule has 0 spiro atoms. The first-order chi connectivity index (χ1) is 7.29. The van der Waals surface area contributed by atoms with Gasteiger partial charge in [0.1, 0.15) is 0 Å². The van der Waals surface area contributed by atoms with Gasteiger partial charge < -0.3 is 0 Å². The molecule has 7 heteroatoms. The van der Waals surface area contributed by atoms with Crippen molar-refractivity contribution in [3.63, 3.8) is 0 Å². The predicted octanol–water partition coefficient (Wildman–Crippen LogP) is 2.93. The first kappa shape index (κ1) is 12.4. The van der Waals surface area contributed by atoms with Gasteiger partial charge in [-0.15, -0.1) is 0 Å². The fourth-order valence-electron chi connectivity index (χ4n) is 1.36. The molecular formula is C9H7F4NO2. The van der Waals surface area contributed by atoms with E-state index in [9.17, 15) is 27.7 Å². The summed E-state index contributed by atoms with van der Waals surface area (Å²) in [6, 6.07) is 0. The van der Waals surface area contributed by atoms with Crippen LogP contribution in [0.4, 0.5) is 17.6 Å². The average molecular weight is 237 g/mol. The lowest BCUT2D eigenvalue weighted by atomic mass is 9.93. The zero-order chi connectivity index (χ0) is 12.6. The monoisotopic (exact) mass is 237 g/mol. The van der Waals surface area contributed by atoms with Crippen LogP contribution in [0, 0.1) is 10.1 Å². The lowest BCUT2D eigenvalue weighted by molar-refractivity contribution is -0.437. The maximum Gasteiger partial charge on any atom is 0.321 e. The van der Waals surface area contributed by atoms with Crippen molar-refractivity contribution >= 4 is 0 Å². The maximum absolute atomic E-state index is 13.3. The van der Waals surface area contributed by atoms with Gasteiger partial charge in [0.2, 0.25) is 12.0 Å². The smallest absolute Gasteiger partial charge is 0.258 e. The molecule has 0 saturated heterocycles. The number of halogens is 4. The van der Waals surface area contributed by atoms with Crippen molar-refractivity contribution in [1.82, 2.24) is 0 Å². The van der Waals surface area contributed by atoms with Crippen LogP contribution in [0.5, 0.6) is 0 Å².